The molecule has 0 aliphatic heterocycles. The molecule has 0 fully saturated rings. The van der Waals surface area contributed by atoms with E-state index in [9.17, 15) is 13.2 Å². The lowest BCUT2D eigenvalue weighted by atomic mass is 10.0. The largest absolute Gasteiger partial charge is 0.304 e. The zero-order chi connectivity index (χ0) is 6.36. The van der Waals surface area contributed by atoms with E-state index in [4.69, 9.17) is 11.6 Å². The van der Waals surface area contributed by atoms with Crippen molar-refractivity contribution in [3.05, 3.63) is 10.9 Å². The number of halogens is 4. The monoisotopic (exact) mass is 142 g/mol. The fourth-order valence-corrected chi connectivity index (χ4v) is 0.748. The molecule has 0 aromatic rings. The van der Waals surface area contributed by atoms with Crippen LogP contribution in [0.25, 0.3) is 0 Å². The van der Waals surface area contributed by atoms with Crippen LogP contribution in [0, 0.1) is 0 Å². The SMILES string of the molecule is FC1=C(Cl)CC1(F)F. The third-order valence-electron chi connectivity index (χ3n) is 0.937. The van der Waals surface area contributed by atoms with Gasteiger partial charge in [0.1, 0.15) is 0 Å². The molecule has 0 aromatic heterocycles. The van der Waals surface area contributed by atoms with Crippen LogP contribution < -0.4 is 0 Å². The van der Waals surface area contributed by atoms with Crippen molar-refractivity contribution >= 4 is 11.6 Å². The highest BCUT2D eigenvalue weighted by molar-refractivity contribution is 6.30. The van der Waals surface area contributed by atoms with Crippen LogP contribution >= 0.6 is 11.6 Å². The minimum atomic E-state index is -3.27. The Morgan fingerprint density at radius 2 is 2.00 bits per heavy atom. The predicted molar refractivity (Wildman–Crippen MR) is 23.6 cm³/mol. The summed E-state index contributed by atoms with van der Waals surface area (Å²) in [6.07, 6.45) is -0.639. The Hall–Kier alpha value is -0.180. The number of hydrogen-bond donors (Lipinski definition) is 0. The van der Waals surface area contributed by atoms with Gasteiger partial charge in [0.2, 0.25) is 0 Å². The van der Waals surface area contributed by atoms with E-state index >= 15 is 0 Å². The molecule has 0 saturated heterocycles. The number of alkyl halides is 2. The zero-order valence-electron chi connectivity index (χ0n) is 3.72. The Bertz CT molecular complexity index is 149. The van der Waals surface area contributed by atoms with Crippen molar-refractivity contribution in [2.45, 2.75) is 12.3 Å². The normalized spacial score (nSPS) is 25.5. The molecule has 1 rings (SSSR count). The molecule has 1 aliphatic carbocycles. The smallest absolute Gasteiger partial charge is 0.204 e. The van der Waals surface area contributed by atoms with Crippen LogP contribution in [-0.4, -0.2) is 5.92 Å². The zero-order valence-corrected chi connectivity index (χ0v) is 4.47. The van der Waals surface area contributed by atoms with Gasteiger partial charge in [0, 0.05) is 0 Å². The maximum Gasteiger partial charge on any atom is 0.304 e. The van der Waals surface area contributed by atoms with Gasteiger partial charge in [-0.2, -0.15) is 8.78 Å². The fourth-order valence-electron chi connectivity index (χ4n) is 0.442. The van der Waals surface area contributed by atoms with Gasteiger partial charge in [0.25, 0.3) is 0 Å². The number of allylic oxidation sites excluding steroid dienone is 2. The van der Waals surface area contributed by atoms with E-state index in [0.29, 0.717) is 0 Å². The summed E-state index contributed by atoms with van der Waals surface area (Å²) in [4.78, 5) is 0. The average Bonchev–Trinajstić information content (AvgIpc) is 1.65. The van der Waals surface area contributed by atoms with Gasteiger partial charge >= 0.3 is 5.92 Å². The van der Waals surface area contributed by atoms with Gasteiger partial charge in [-0.25, -0.2) is 4.39 Å². The quantitative estimate of drug-likeness (QED) is 0.487. The summed E-state index contributed by atoms with van der Waals surface area (Å²) in [7, 11) is 0. The molecule has 1 aliphatic rings. The third-order valence-corrected chi connectivity index (χ3v) is 1.24. The van der Waals surface area contributed by atoms with Crippen molar-refractivity contribution in [3.8, 4) is 0 Å². The molecule has 0 heterocycles. The van der Waals surface area contributed by atoms with Crippen LogP contribution in [0.3, 0.4) is 0 Å². The summed E-state index contributed by atoms with van der Waals surface area (Å²) in [5.74, 6) is -4.74. The molecule has 0 aromatic carbocycles. The van der Waals surface area contributed by atoms with Crippen LogP contribution in [0.2, 0.25) is 0 Å². The molecule has 0 bridgehead atoms. The second-order valence-electron chi connectivity index (χ2n) is 1.60. The molecule has 0 atom stereocenters. The van der Waals surface area contributed by atoms with Gasteiger partial charge in [-0.1, -0.05) is 11.6 Å². The molecule has 8 heavy (non-hydrogen) atoms. The number of hydrogen-bond acceptors (Lipinski definition) is 0. The van der Waals surface area contributed by atoms with Crippen molar-refractivity contribution in [1.82, 2.24) is 0 Å². The minimum absolute atomic E-state index is 0.352. The van der Waals surface area contributed by atoms with E-state index < -0.39 is 18.2 Å². The Labute approximate surface area is 48.9 Å². The van der Waals surface area contributed by atoms with Crippen LogP contribution in [-0.2, 0) is 0 Å². The molecule has 0 saturated carbocycles. The van der Waals surface area contributed by atoms with Crippen LogP contribution in [0.4, 0.5) is 13.2 Å². The van der Waals surface area contributed by atoms with E-state index in [2.05, 4.69) is 0 Å². The Morgan fingerprint density at radius 3 is 2.00 bits per heavy atom. The molecular weight excluding hydrogens is 140 g/mol. The topological polar surface area (TPSA) is 0 Å². The molecule has 4 heteroatoms. The van der Waals surface area contributed by atoms with Crippen molar-refractivity contribution in [1.29, 1.82) is 0 Å². The second-order valence-corrected chi connectivity index (χ2v) is 2.06. The lowest BCUT2D eigenvalue weighted by Gasteiger charge is -2.22. The standard InChI is InChI=1S/C4H2ClF3/c5-2-1-4(7,8)3(2)6/h1H2. The molecule has 0 unspecified atom stereocenters. The summed E-state index contributed by atoms with van der Waals surface area (Å²) in [6, 6.07) is 0. The lowest BCUT2D eigenvalue weighted by molar-refractivity contribution is -0.00476. The van der Waals surface area contributed by atoms with E-state index in [1.165, 1.54) is 0 Å². The van der Waals surface area contributed by atoms with Crippen LogP contribution in [0.15, 0.2) is 10.9 Å². The first-order chi connectivity index (χ1) is 3.54. The van der Waals surface area contributed by atoms with Crippen molar-refractivity contribution in [2.75, 3.05) is 0 Å². The van der Waals surface area contributed by atoms with Gasteiger partial charge in [-0.3, -0.25) is 0 Å². The molecule has 46 valence electrons. The molecule has 0 spiro atoms. The van der Waals surface area contributed by atoms with Crippen molar-refractivity contribution in [2.24, 2.45) is 0 Å². The van der Waals surface area contributed by atoms with Gasteiger partial charge < -0.3 is 0 Å². The third kappa shape index (κ3) is 0.616. The summed E-state index contributed by atoms with van der Waals surface area (Å²) < 4.78 is 35.0. The molecule has 0 N–H and O–H groups in total. The van der Waals surface area contributed by atoms with Gasteiger partial charge in [0.15, 0.2) is 5.83 Å². The highest BCUT2D eigenvalue weighted by Gasteiger charge is 2.47. The minimum Gasteiger partial charge on any atom is -0.204 e. The molecule has 0 radical (unpaired) electrons. The summed E-state index contributed by atoms with van der Waals surface area (Å²) >= 11 is 4.91. The maximum atomic E-state index is 11.7. The molecule has 0 nitrogen and oxygen atoms in total. The van der Waals surface area contributed by atoms with Crippen LogP contribution in [0.5, 0.6) is 0 Å². The average molecular weight is 143 g/mol. The lowest BCUT2D eigenvalue weighted by Crippen LogP contribution is -2.26. The van der Waals surface area contributed by atoms with Gasteiger partial charge in [0.05, 0.1) is 11.5 Å². The van der Waals surface area contributed by atoms with E-state index in [0.717, 1.165) is 0 Å². The maximum absolute atomic E-state index is 11.7. The highest BCUT2D eigenvalue weighted by atomic mass is 35.5. The predicted octanol–water partition coefficient (Wildman–Crippen LogP) is 2.45. The van der Waals surface area contributed by atoms with Crippen molar-refractivity contribution in [3.63, 3.8) is 0 Å². The molecular formula is C4H2ClF3. The first kappa shape index (κ1) is 5.95. The summed E-state index contributed by atoms with van der Waals surface area (Å²) in [5.41, 5.74) is 0. The summed E-state index contributed by atoms with van der Waals surface area (Å²) in [5, 5.41) is -0.352. The Kier molecular flexibility index (Phi) is 1.05. The van der Waals surface area contributed by atoms with E-state index in [1.807, 2.05) is 0 Å². The Balaban J connectivity index is 2.80. The first-order valence-corrected chi connectivity index (χ1v) is 2.34. The van der Waals surface area contributed by atoms with Gasteiger partial charge in [-0.05, 0) is 0 Å². The van der Waals surface area contributed by atoms with E-state index in [-0.39, 0.29) is 5.03 Å². The Morgan fingerprint density at radius 1 is 1.50 bits per heavy atom. The summed E-state index contributed by atoms with van der Waals surface area (Å²) in [6.45, 7) is 0. The number of rotatable bonds is 0. The fraction of sp³-hybridized carbons (Fsp3) is 0.500. The van der Waals surface area contributed by atoms with Crippen LogP contribution in [0.1, 0.15) is 6.42 Å². The highest BCUT2D eigenvalue weighted by Crippen LogP contribution is 2.45. The van der Waals surface area contributed by atoms with E-state index in [1.54, 1.807) is 0 Å². The molecule has 0 amide bonds. The van der Waals surface area contributed by atoms with Crippen molar-refractivity contribution < 1.29 is 13.2 Å². The first-order valence-electron chi connectivity index (χ1n) is 1.96. The second kappa shape index (κ2) is 1.41. The van der Waals surface area contributed by atoms with Gasteiger partial charge in [-0.15, -0.1) is 0 Å².